The van der Waals surface area contributed by atoms with E-state index in [0.29, 0.717) is 11.6 Å². The molecule has 0 aromatic carbocycles. The summed E-state index contributed by atoms with van der Waals surface area (Å²) in [6, 6.07) is 1.78. The maximum Gasteiger partial charge on any atom is 0.267 e. The summed E-state index contributed by atoms with van der Waals surface area (Å²) in [4.78, 5) is 22.3. The Labute approximate surface area is 123 Å². The van der Waals surface area contributed by atoms with Gasteiger partial charge in [-0.15, -0.1) is 0 Å². The fourth-order valence-electron chi connectivity index (χ4n) is 1.91. The normalized spacial score (nSPS) is 10.5. The summed E-state index contributed by atoms with van der Waals surface area (Å²) in [6.45, 7) is 0.156. The summed E-state index contributed by atoms with van der Waals surface area (Å²) < 4.78 is 1.74. The van der Waals surface area contributed by atoms with Gasteiger partial charge in [0.25, 0.3) is 5.91 Å². The van der Waals surface area contributed by atoms with Crippen LogP contribution in [0.25, 0.3) is 11.1 Å². The van der Waals surface area contributed by atoms with Crippen LogP contribution in [0, 0.1) is 0 Å². The number of nitrogens with zero attached hydrogens (tertiary/aromatic N) is 4. The standard InChI is InChI=1S/C14H19N5O2/c1-18(2)14-16-7-11(8-17-14)10-6-12(19(3)9-10)13(21)15-4-5-20/h6-9,20H,4-5H2,1-3H3,(H,15,21). The minimum absolute atomic E-state index is 0.0805. The number of aliphatic hydroxyl groups excluding tert-OH is 1. The second-order valence-corrected chi connectivity index (χ2v) is 4.87. The molecule has 0 atom stereocenters. The van der Waals surface area contributed by atoms with Crippen molar-refractivity contribution in [3.05, 3.63) is 30.4 Å². The molecular formula is C14H19N5O2. The van der Waals surface area contributed by atoms with E-state index < -0.39 is 0 Å². The summed E-state index contributed by atoms with van der Waals surface area (Å²) >= 11 is 0. The summed E-state index contributed by atoms with van der Waals surface area (Å²) in [7, 11) is 5.55. The quantitative estimate of drug-likeness (QED) is 0.825. The predicted molar refractivity (Wildman–Crippen MR) is 80.2 cm³/mol. The number of anilines is 1. The summed E-state index contributed by atoms with van der Waals surface area (Å²) in [5.41, 5.74) is 2.24. The minimum Gasteiger partial charge on any atom is -0.395 e. The molecule has 0 saturated heterocycles. The third kappa shape index (κ3) is 3.38. The van der Waals surface area contributed by atoms with Gasteiger partial charge in [-0.3, -0.25) is 4.79 Å². The zero-order valence-electron chi connectivity index (χ0n) is 12.4. The van der Waals surface area contributed by atoms with Gasteiger partial charge in [-0.05, 0) is 6.07 Å². The average Bonchev–Trinajstić information content (AvgIpc) is 2.87. The SMILES string of the molecule is CN(C)c1ncc(-c2cc(C(=O)NCCO)n(C)c2)cn1. The second kappa shape index (κ2) is 6.36. The van der Waals surface area contributed by atoms with Crippen LogP contribution in [0.1, 0.15) is 10.5 Å². The molecule has 1 amide bonds. The van der Waals surface area contributed by atoms with Crippen molar-refractivity contribution in [2.45, 2.75) is 0 Å². The Morgan fingerprint density at radius 2 is 2.00 bits per heavy atom. The molecule has 0 unspecified atom stereocenters. The molecular weight excluding hydrogens is 270 g/mol. The molecule has 112 valence electrons. The van der Waals surface area contributed by atoms with Gasteiger partial charge >= 0.3 is 0 Å². The Balaban J connectivity index is 2.23. The van der Waals surface area contributed by atoms with Crippen LogP contribution in [-0.2, 0) is 7.05 Å². The second-order valence-electron chi connectivity index (χ2n) is 4.87. The van der Waals surface area contributed by atoms with Crippen molar-refractivity contribution in [2.75, 3.05) is 32.1 Å². The molecule has 2 aromatic heterocycles. The van der Waals surface area contributed by atoms with E-state index >= 15 is 0 Å². The van der Waals surface area contributed by atoms with Gasteiger partial charge in [-0.1, -0.05) is 0 Å². The van der Waals surface area contributed by atoms with Gasteiger partial charge in [0.2, 0.25) is 5.95 Å². The Morgan fingerprint density at radius 1 is 1.33 bits per heavy atom. The molecule has 0 radical (unpaired) electrons. The molecule has 0 aliphatic carbocycles. The number of aliphatic hydroxyl groups is 1. The van der Waals surface area contributed by atoms with E-state index in [1.165, 1.54) is 0 Å². The first-order chi connectivity index (χ1) is 10.0. The lowest BCUT2D eigenvalue weighted by Crippen LogP contribution is -2.27. The highest BCUT2D eigenvalue weighted by Crippen LogP contribution is 2.21. The Bertz CT molecular complexity index is 619. The lowest BCUT2D eigenvalue weighted by molar-refractivity contribution is 0.0936. The molecule has 0 spiro atoms. The molecule has 2 heterocycles. The highest BCUT2D eigenvalue weighted by atomic mass is 16.3. The monoisotopic (exact) mass is 289 g/mol. The number of carbonyl (C=O) groups is 1. The average molecular weight is 289 g/mol. The van der Waals surface area contributed by atoms with E-state index in [0.717, 1.165) is 11.1 Å². The van der Waals surface area contributed by atoms with Gasteiger partial charge in [-0.25, -0.2) is 9.97 Å². The predicted octanol–water partition coefficient (Wildman–Crippen LogP) is 0.270. The van der Waals surface area contributed by atoms with E-state index in [1.807, 2.05) is 25.2 Å². The van der Waals surface area contributed by atoms with Crippen LogP contribution in [0.3, 0.4) is 0 Å². The zero-order valence-corrected chi connectivity index (χ0v) is 12.4. The van der Waals surface area contributed by atoms with Crippen molar-refractivity contribution in [1.82, 2.24) is 19.9 Å². The fraction of sp³-hybridized carbons (Fsp3) is 0.357. The van der Waals surface area contributed by atoms with Crippen molar-refractivity contribution < 1.29 is 9.90 Å². The molecule has 21 heavy (non-hydrogen) atoms. The van der Waals surface area contributed by atoms with Gasteiger partial charge in [0, 0.05) is 57.4 Å². The molecule has 2 rings (SSSR count). The highest BCUT2D eigenvalue weighted by Gasteiger charge is 2.12. The van der Waals surface area contributed by atoms with E-state index in [1.54, 1.807) is 30.1 Å². The molecule has 0 fully saturated rings. The maximum atomic E-state index is 11.9. The van der Waals surface area contributed by atoms with Crippen LogP contribution in [-0.4, -0.2) is 52.8 Å². The van der Waals surface area contributed by atoms with Gasteiger partial charge < -0.3 is 19.9 Å². The van der Waals surface area contributed by atoms with Crippen molar-refractivity contribution in [3.63, 3.8) is 0 Å². The third-order valence-corrected chi connectivity index (χ3v) is 3.01. The number of rotatable bonds is 5. The molecule has 0 bridgehead atoms. The summed E-state index contributed by atoms with van der Waals surface area (Å²) in [5, 5.41) is 11.4. The van der Waals surface area contributed by atoms with Gasteiger partial charge in [0.1, 0.15) is 5.69 Å². The number of hydrogen-bond acceptors (Lipinski definition) is 5. The van der Waals surface area contributed by atoms with Gasteiger partial charge in [0.05, 0.1) is 6.61 Å². The number of aromatic nitrogens is 3. The molecule has 0 aliphatic rings. The van der Waals surface area contributed by atoms with Gasteiger partial charge in [0.15, 0.2) is 0 Å². The summed E-state index contributed by atoms with van der Waals surface area (Å²) in [5.74, 6) is 0.416. The van der Waals surface area contributed by atoms with E-state index in [9.17, 15) is 4.79 Å². The molecule has 0 saturated carbocycles. The van der Waals surface area contributed by atoms with E-state index in [4.69, 9.17) is 5.11 Å². The smallest absolute Gasteiger partial charge is 0.267 e. The largest absolute Gasteiger partial charge is 0.395 e. The molecule has 7 nitrogen and oxygen atoms in total. The van der Waals surface area contributed by atoms with Crippen molar-refractivity contribution in [1.29, 1.82) is 0 Å². The third-order valence-electron chi connectivity index (χ3n) is 3.01. The zero-order chi connectivity index (χ0) is 15.4. The lowest BCUT2D eigenvalue weighted by atomic mass is 10.2. The number of hydrogen-bond donors (Lipinski definition) is 2. The molecule has 2 aromatic rings. The Hall–Kier alpha value is -2.41. The molecule has 2 N–H and O–H groups in total. The van der Waals surface area contributed by atoms with E-state index in [-0.39, 0.29) is 19.1 Å². The summed E-state index contributed by atoms with van der Waals surface area (Å²) in [6.07, 6.45) is 5.31. The van der Waals surface area contributed by atoms with Crippen molar-refractivity contribution in [3.8, 4) is 11.1 Å². The Kier molecular flexibility index (Phi) is 4.54. The fourth-order valence-corrected chi connectivity index (χ4v) is 1.91. The highest BCUT2D eigenvalue weighted by molar-refractivity contribution is 5.94. The molecule has 0 aliphatic heterocycles. The van der Waals surface area contributed by atoms with Crippen LogP contribution in [0.2, 0.25) is 0 Å². The van der Waals surface area contributed by atoms with Crippen LogP contribution in [0.5, 0.6) is 0 Å². The molecule has 7 heteroatoms. The first-order valence-corrected chi connectivity index (χ1v) is 6.58. The van der Waals surface area contributed by atoms with Crippen molar-refractivity contribution in [2.24, 2.45) is 7.05 Å². The van der Waals surface area contributed by atoms with Crippen molar-refractivity contribution >= 4 is 11.9 Å². The number of carbonyl (C=O) groups excluding carboxylic acids is 1. The van der Waals surface area contributed by atoms with E-state index in [2.05, 4.69) is 15.3 Å². The van der Waals surface area contributed by atoms with Gasteiger partial charge in [-0.2, -0.15) is 0 Å². The lowest BCUT2D eigenvalue weighted by Gasteiger charge is -2.09. The Morgan fingerprint density at radius 3 is 2.57 bits per heavy atom. The number of nitrogens with one attached hydrogen (secondary N) is 1. The first-order valence-electron chi connectivity index (χ1n) is 6.58. The van der Waals surface area contributed by atoms with Crippen LogP contribution >= 0.6 is 0 Å². The first kappa shape index (κ1) is 15.0. The number of amides is 1. The van der Waals surface area contributed by atoms with Crippen LogP contribution in [0.4, 0.5) is 5.95 Å². The van der Waals surface area contributed by atoms with Crippen LogP contribution < -0.4 is 10.2 Å². The maximum absolute atomic E-state index is 11.9. The number of aryl methyl sites for hydroxylation is 1. The van der Waals surface area contributed by atoms with Crippen LogP contribution in [0.15, 0.2) is 24.7 Å². The minimum atomic E-state index is -0.219. The topological polar surface area (TPSA) is 83.3 Å².